The van der Waals surface area contributed by atoms with Crippen molar-refractivity contribution in [3.8, 4) is 0 Å². The Balaban J connectivity index is 1.86. The van der Waals surface area contributed by atoms with E-state index in [4.69, 9.17) is 23.7 Å². The van der Waals surface area contributed by atoms with Crippen molar-refractivity contribution in [3.63, 3.8) is 0 Å². The van der Waals surface area contributed by atoms with E-state index in [0.29, 0.717) is 52.7 Å². The van der Waals surface area contributed by atoms with Crippen LogP contribution in [0.2, 0.25) is 0 Å². The van der Waals surface area contributed by atoms with Gasteiger partial charge in [0.05, 0.1) is 52.4 Å². The highest BCUT2D eigenvalue weighted by Gasteiger charge is 2.17. The van der Waals surface area contributed by atoms with Gasteiger partial charge in [-0.15, -0.1) is 0 Å². The molecule has 1 aliphatic heterocycles. The lowest BCUT2D eigenvalue weighted by Crippen LogP contribution is -2.17. The van der Waals surface area contributed by atoms with Gasteiger partial charge in [-0.25, -0.2) is 0 Å². The van der Waals surface area contributed by atoms with Crippen LogP contribution in [0, 0.1) is 0 Å². The normalized spacial score (nSPS) is 20.1. The minimum Gasteiger partial charge on any atom is -0.466 e. The van der Waals surface area contributed by atoms with Crippen molar-refractivity contribution in [1.82, 2.24) is 0 Å². The van der Waals surface area contributed by atoms with Crippen LogP contribution >= 0.6 is 0 Å². The molecule has 1 atom stereocenters. The third kappa shape index (κ3) is 8.93. The average Bonchev–Trinajstić information content (AvgIpc) is 2.62. The summed E-state index contributed by atoms with van der Waals surface area (Å²) in [6.45, 7) is 3.85. The molecule has 0 aromatic carbocycles. The lowest BCUT2D eigenvalue weighted by atomic mass is 10.1. The number of hydrogen-bond donors (Lipinski definition) is 0. The van der Waals surface area contributed by atoms with E-state index in [1.807, 2.05) is 0 Å². The Morgan fingerprint density at radius 1 is 1.05 bits per heavy atom. The Labute approximate surface area is 114 Å². The molecule has 1 aliphatic rings. The van der Waals surface area contributed by atoms with Gasteiger partial charge in [0.1, 0.15) is 0 Å². The molecule has 1 saturated heterocycles. The predicted molar refractivity (Wildman–Crippen MR) is 68.1 cm³/mol. The van der Waals surface area contributed by atoms with Gasteiger partial charge in [-0.1, -0.05) is 0 Å². The van der Waals surface area contributed by atoms with Crippen LogP contribution in [0.4, 0.5) is 0 Å². The van der Waals surface area contributed by atoms with Crippen LogP contribution in [-0.4, -0.2) is 65.4 Å². The molecule has 19 heavy (non-hydrogen) atoms. The van der Waals surface area contributed by atoms with Crippen LogP contribution in [0.5, 0.6) is 0 Å². The number of rotatable bonds is 10. The summed E-state index contributed by atoms with van der Waals surface area (Å²) in [5, 5.41) is 0. The Morgan fingerprint density at radius 3 is 2.47 bits per heavy atom. The van der Waals surface area contributed by atoms with E-state index in [9.17, 15) is 4.79 Å². The highest BCUT2D eigenvalue weighted by molar-refractivity contribution is 5.69. The van der Waals surface area contributed by atoms with E-state index in [-0.39, 0.29) is 12.1 Å². The standard InChI is InChI=1S/C13H24O6/c1-15-6-7-16-8-9-17-10-11-18-12-2-3-13(14)19-5-4-12/h12H,2-11H2,1H3. The number of ether oxygens (including phenoxy) is 5. The van der Waals surface area contributed by atoms with Crippen LogP contribution in [0.3, 0.4) is 0 Å². The van der Waals surface area contributed by atoms with Crippen molar-refractivity contribution in [1.29, 1.82) is 0 Å². The molecule has 0 aromatic heterocycles. The largest absolute Gasteiger partial charge is 0.466 e. The molecular weight excluding hydrogens is 252 g/mol. The van der Waals surface area contributed by atoms with Crippen molar-refractivity contribution in [2.75, 3.05) is 53.4 Å². The predicted octanol–water partition coefficient (Wildman–Crippen LogP) is 0.778. The van der Waals surface area contributed by atoms with E-state index < -0.39 is 0 Å². The van der Waals surface area contributed by atoms with Gasteiger partial charge in [0.15, 0.2) is 0 Å². The van der Waals surface area contributed by atoms with Gasteiger partial charge in [-0.3, -0.25) is 4.79 Å². The maximum absolute atomic E-state index is 11.0. The van der Waals surface area contributed by atoms with Crippen molar-refractivity contribution in [2.24, 2.45) is 0 Å². The fraction of sp³-hybridized carbons (Fsp3) is 0.923. The molecule has 6 nitrogen and oxygen atoms in total. The Hall–Kier alpha value is -0.690. The zero-order chi connectivity index (χ0) is 13.8. The second-order valence-corrected chi connectivity index (χ2v) is 4.26. The molecule has 0 aliphatic carbocycles. The smallest absolute Gasteiger partial charge is 0.305 e. The summed E-state index contributed by atoms with van der Waals surface area (Å²) in [7, 11) is 1.64. The van der Waals surface area contributed by atoms with Crippen molar-refractivity contribution >= 4 is 5.97 Å². The molecule has 6 heteroatoms. The summed E-state index contributed by atoms with van der Waals surface area (Å²) >= 11 is 0. The summed E-state index contributed by atoms with van der Waals surface area (Å²) in [6, 6.07) is 0. The van der Waals surface area contributed by atoms with Gasteiger partial charge in [-0.2, -0.15) is 0 Å². The molecule has 0 aromatic rings. The van der Waals surface area contributed by atoms with Crippen LogP contribution in [0.1, 0.15) is 19.3 Å². The van der Waals surface area contributed by atoms with E-state index >= 15 is 0 Å². The quantitative estimate of drug-likeness (QED) is 0.434. The second-order valence-electron chi connectivity index (χ2n) is 4.26. The molecule has 0 spiro atoms. The minimum atomic E-state index is -0.129. The molecule has 0 radical (unpaired) electrons. The number of carbonyl (C=O) groups excluding carboxylic acids is 1. The van der Waals surface area contributed by atoms with Crippen LogP contribution in [-0.2, 0) is 28.5 Å². The molecule has 0 bridgehead atoms. The number of hydrogen-bond acceptors (Lipinski definition) is 6. The number of cyclic esters (lactones) is 1. The second kappa shape index (κ2) is 11.2. The molecule has 112 valence electrons. The zero-order valence-electron chi connectivity index (χ0n) is 11.6. The van der Waals surface area contributed by atoms with Crippen molar-refractivity contribution < 1.29 is 28.5 Å². The van der Waals surface area contributed by atoms with Crippen LogP contribution < -0.4 is 0 Å². The Morgan fingerprint density at radius 2 is 1.74 bits per heavy atom. The van der Waals surface area contributed by atoms with Crippen LogP contribution in [0.15, 0.2) is 0 Å². The van der Waals surface area contributed by atoms with E-state index in [2.05, 4.69) is 0 Å². The topological polar surface area (TPSA) is 63.2 Å². The van der Waals surface area contributed by atoms with E-state index in [1.54, 1.807) is 7.11 Å². The first kappa shape index (κ1) is 16.4. The first-order chi connectivity index (χ1) is 9.33. The van der Waals surface area contributed by atoms with Gasteiger partial charge in [0, 0.05) is 20.0 Å². The highest BCUT2D eigenvalue weighted by atomic mass is 16.6. The minimum absolute atomic E-state index is 0.105. The molecule has 0 saturated carbocycles. The zero-order valence-corrected chi connectivity index (χ0v) is 11.6. The summed E-state index contributed by atoms with van der Waals surface area (Å²) in [6.07, 6.45) is 2.05. The lowest BCUT2D eigenvalue weighted by molar-refractivity contribution is -0.142. The third-order valence-electron chi connectivity index (χ3n) is 2.76. The fourth-order valence-electron chi connectivity index (χ4n) is 1.70. The van der Waals surface area contributed by atoms with E-state index in [1.165, 1.54) is 0 Å². The monoisotopic (exact) mass is 276 g/mol. The number of methoxy groups -OCH3 is 1. The first-order valence-corrected chi connectivity index (χ1v) is 6.74. The Kier molecular flexibility index (Phi) is 9.61. The van der Waals surface area contributed by atoms with Gasteiger partial charge in [-0.05, 0) is 6.42 Å². The molecule has 1 unspecified atom stereocenters. The van der Waals surface area contributed by atoms with Crippen molar-refractivity contribution in [2.45, 2.75) is 25.4 Å². The average molecular weight is 276 g/mol. The van der Waals surface area contributed by atoms with Gasteiger partial charge in [0.25, 0.3) is 0 Å². The Bertz CT molecular complexity index is 233. The number of esters is 1. The van der Waals surface area contributed by atoms with E-state index in [0.717, 1.165) is 12.8 Å². The third-order valence-corrected chi connectivity index (χ3v) is 2.76. The lowest BCUT2D eigenvalue weighted by Gasteiger charge is -2.14. The molecule has 0 amide bonds. The van der Waals surface area contributed by atoms with Gasteiger partial charge in [0.2, 0.25) is 0 Å². The summed E-state index contributed by atoms with van der Waals surface area (Å²) in [5.74, 6) is -0.129. The summed E-state index contributed by atoms with van der Waals surface area (Å²) < 4.78 is 26.1. The highest BCUT2D eigenvalue weighted by Crippen LogP contribution is 2.12. The van der Waals surface area contributed by atoms with Gasteiger partial charge >= 0.3 is 5.97 Å². The molecule has 1 rings (SSSR count). The van der Waals surface area contributed by atoms with Crippen molar-refractivity contribution in [3.05, 3.63) is 0 Å². The van der Waals surface area contributed by atoms with Crippen LogP contribution in [0.25, 0.3) is 0 Å². The maximum atomic E-state index is 11.0. The fourth-order valence-corrected chi connectivity index (χ4v) is 1.70. The molecule has 1 fully saturated rings. The molecule has 1 heterocycles. The number of carbonyl (C=O) groups is 1. The maximum Gasteiger partial charge on any atom is 0.305 e. The molecular formula is C13H24O6. The summed E-state index contributed by atoms with van der Waals surface area (Å²) in [4.78, 5) is 11.0. The SMILES string of the molecule is COCCOCCOCCOC1CCOC(=O)CC1. The first-order valence-electron chi connectivity index (χ1n) is 6.74. The summed E-state index contributed by atoms with van der Waals surface area (Å²) in [5.41, 5.74) is 0. The molecule has 0 N–H and O–H groups in total. The van der Waals surface area contributed by atoms with Gasteiger partial charge < -0.3 is 23.7 Å².